The van der Waals surface area contributed by atoms with Crippen molar-refractivity contribution in [1.82, 2.24) is 4.90 Å². The second-order valence-corrected chi connectivity index (χ2v) is 7.88. The lowest BCUT2D eigenvalue weighted by atomic mass is 10.2. The minimum absolute atomic E-state index is 0.0759. The van der Waals surface area contributed by atoms with Gasteiger partial charge in [-0.15, -0.1) is 0 Å². The fourth-order valence-electron chi connectivity index (χ4n) is 2.38. The van der Waals surface area contributed by atoms with E-state index in [4.69, 9.17) is 33.3 Å². The van der Waals surface area contributed by atoms with E-state index in [-0.39, 0.29) is 5.91 Å². The molecule has 0 aromatic heterocycles. The van der Waals surface area contributed by atoms with Gasteiger partial charge in [0.1, 0.15) is 15.8 Å². The third kappa shape index (κ3) is 5.25. The topological polar surface area (TPSA) is 38.8 Å². The van der Waals surface area contributed by atoms with Gasteiger partial charge in [-0.3, -0.25) is 9.69 Å². The maximum atomic E-state index is 12.1. The summed E-state index contributed by atoms with van der Waals surface area (Å²) in [6.07, 6.45) is 2.56. The van der Waals surface area contributed by atoms with Gasteiger partial charge in [-0.2, -0.15) is 0 Å². The second-order valence-electron chi connectivity index (χ2n) is 5.79. The number of carbonyl (C=O) groups is 1. The van der Waals surface area contributed by atoms with Gasteiger partial charge in [0.05, 0.1) is 23.1 Å². The van der Waals surface area contributed by atoms with Crippen LogP contribution in [0, 0.1) is 0 Å². The van der Waals surface area contributed by atoms with Crippen LogP contribution in [0.5, 0.6) is 11.5 Å². The van der Waals surface area contributed by atoms with Crippen LogP contribution < -0.4 is 9.47 Å². The zero-order chi connectivity index (χ0) is 19.2. The first-order chi connectivity index (χ1) is 13.0. The largest absolute Gasteiger partial charge is 0.493 e. The summed E-state index contributed by atoms with van der Waals surface area (Å²) in [4.78, 5) is 14.2. The van der Waals surface area contributed by atoms with Crippen molar-refractivity contribution in [2.75, 3.05) is 20.3 Å². The number of carbonyl (C=O) groups excluding carboxylic acids is 1. The predicted molar refractivity (Wildman–Crippen MR) is 114 cm³/mol. The predicted octanol–water partition coefficient (Wildman–Crippen LogP) is 5.02. The molecule has 1 aliphatic rings. The first-order valence-corrected chi connectivity index (χ1v) is 9.96. The summed E-state index contributed by atoms with van der Waals surface area (Å²) in [6.45, 7) is 1.04. The zero-order valence-corrected chi connectivity index (χ0v) is 17.1. The van der Waals surface area contributed by atoms with Crippen molar-refractivity contribution >= 4 is 51.9 Å². The van der Waals surface area contributed by atoms with Crippen molar-refractivity contribution in [3.8, 4) is 11.5 Å². The van der Waals surface area contributed by atoms with Crippen molar-refractivity contribution in [1.29, 1.82) is 0 Å². The summed E-state index contributed by atoms with van der Waals surface area (Å²) in [6, 6.07) is 15.0. The molecule has 0 unspecified atom stereocenters. The lowest BCUT2D eigenvalue weighted by Crippen LogP contribution is -2.22. The summed E-state index contributed by atoms with van der Waals surface area (Å²) < 4.78 is 12.0. The number of likely N-dealkylation sites (N-methyl/N-ethyl adjacent to an activating group) is 1. The monoisotopic (exact) mass is 419 g/mol. The van der Waals surface area contributed by atoms with Gasteiger partial charge in [0.2, 0.25) is 0 Å². The van der Waals surface area contributed by atoms with Crippen molar-refractivity contribution in [2.45, 2.75) is 6.42 Å². The molecule has 0 saturated carbocycles. The summed E-state index contributed by atoms with van der Waals surface area (Å²) in [7, 11) is 1.68. The molecule has 27 heavy (non-hydrogen) atoms. The molecule has 7 heteroatoms. The van der Waals surface area contributed by atoms with E-state index in [0.29, 0.717) is 33.2 Å². The lowest BCUT2D eigenvalue weighted by Gasteiger charge is -2.09. The number of benzene rings is 2. The minimum Gasteiger partial charge on any atom is -0.493 e. The van der Waals surface area contributed by atoms with E-state index in [1.165, 1.54) is 16.7 Å². The van der Waals surface area contributed by atoms with E-state index in [0.717, 1.165) is 17.7 Å². The van der Waals surface area contributed by atoms with Crippen molar-refractivity contribution in [3.63, 3.8) is 0 Å². The molecule has 3 rings (SSSR count). The molecule has 1 aliphatic heterocycles. The average Bonchev–Trinajstić information content (AvgIpc) is 2.90. The van der Waals surface area contributed by atoms with Crippen LogP contribution in [0.2, 0.25) is 5.02 Å². The van der Waals surface area contributed by atoms with Gasteiger partial charge in [0, 0.05) is 13.5 Å². The number of amides is 1. The Bertz CT molecular complexity index is 885. The number of hydrogen-bond acceptors (Lipinski definition) is 5. The molecule has 4 nitrogen and oxygen atoms in total. The zero-order valence-electron chi connectivity index (χ0n) is 14.7. The molecule has 0 bridgehead atoms. The molecular weight excluding hydrogens is 402 g/mol. The lowest BCUT2D eigenvalue weighted by molar-refractivity contribution is -0.121. The fraction of sp³-hybridized carbons (Fsp3) is 0.200. The molecular formula is C20H18ClNO3S2. The first kappa shape index (κ1) is 19.7. The Morgan fingerprint density at radius 1 is 1.15 bits per heavy atom. The van der Waals surface area contributed by atoms with E-state index in [1.54, 1.807) is 13.1 Å². The molecule has 1 heterocycles. The van der Waals surface area contributed by atoms with Gasteiger partial charge >= 0.3 is 0 Å². The molecule has 2 aromatic rings. The molecule has 0 N–H and O–H groups in total. The van der Waals surface area contributed by atoms with Crippen LogP contribution in [0.1, 0.15) is 12.0 Å². The number of hydrogen-bond donors (Lipinski definition) is 0. The maximum absolute atomic E-state index is 12.1. The molecule has 1 fully saturated rings. The highest BCUT2D eigenvalue weighted by Gasteiger charge is 2.28. The highest BCUT2D eigenvalue weighted by molar-refractivity contribution is 8.26. The third-order valence-corrected chi connectivity index (χ3v) is 5.59. The molecule has 2 aromatic carbocycles. The van der Waals surface area contributed by atoms with E-state index in [2.05, 4.69) is 0 Å². The first-order valence-electron chi connectivity index (χ1n) is 8.36. The Labute approximate surface area is 173 Å². The van der Waals surface area contributed by atoms with Gasteiger partial charge in [-0.25, -0.2) is 0 Å². The number of ether oxygens (including phenoxy) is 2. The SMILES string of the molecule is CN1C(=O)/C(=C/c2cccc(OCCCOc3ccccc3Cl)c2)SC1=S. The molecule has 1 amide bonds. The Hall–Kier alpha value is -2.02. The van der Waals surface area contributed by atoms with Gasteiger partial charge in [-0.1, -0.05) is 59.8 Å². The number of rotatable bonds is 7. The number of nitrogens with zero attached hydrogens (tertiary/aromatic N) is 1. The second kappa shape index (κ2) is 9.26. The van der Waals surface area contributed by atoms with E-state index < -0.39 is 0 Å². The molecule has 0 aliphatic carbocycles. The summed E-state index contributed by atoms with van der Waals surface area (Å²) >= 11 is 12.5. The average molecular weight is 420 g/mol. The van der Waals surface area contributed by atoms with Gasteiger partial charge in [0.15, 0.2) is 0 Å². The highest BCUT2D eigenvalue weighted by atomic mass is 35.5. The van der Waals surface area contributed by atoms with Crippen LogP contribution in [-0.4, -0.2) is 35.4 Å². The van der Waals surface area contributed by atoms with E-state index in [9.17, 15) is 4.79 Å². The Morgan fingerprint density at radius 3 is 2.67 bits per heavy atom. The molecule has 0 spiro atoms. The highest BCUT2D eigenvalue weighted by Crippen LogP contribution is 2.31. The number of para-hydroxylation sites is 1. The summed E-state index contributed by atoms with van der Waals surface area (Å²) in [5, 5.41) is 0.601. The molecule has 1 saturated heterocycles. The maximum Gasteiger partial charge on any atom is 0.265 e. The Kier molecular flexibility index (Phi) is 6.77. The van der Waals surface area contributed by atoms with Crippen molar-refractivity contribution < 1.29 is 14.3 Å². The van der Waals surface area contributed by atoms with E-state index >= 15 is 0 Å². The van der Waals surface area contributed by atoms with Crippen LogP contribution >= 0.6 is 35.6 Å². The summed E-state index contributed by atoms with van der Waals surface area (Å²) in [5.41, 5.74) is 0.897. The van der Waals surface area contributed by atoms with Crippen LogP contribution in [0.25, 0.3) is 6.08 Å². The smallest absolute Gasteiger partial charge is 0.265 e. The normalized spacial score (nSPS) is 15.5. The molecule has 0 radical (unpaired) electrons. The molecule has 0 atom stereocenters. The van der Waals surface area contributed by atoms with Gasteiger partial charge in [-0.05, 0) is 35.9 Å². The van der Waals surface area contributed by atoms with Crippen LogP contribution in [0.4, 0.5) is 0 Å². The van der Waals surface area contributed by atoms with Crippen LogP contribution in [0.3, 0.4) is 0 Å². The van der Waals surface area contributed by atoms with E-state index in [1.807, 2.05) is 48.5 Å². The Morgan fingerprint density at radius 2 is 1.93 bits per heavy atom. The van der Waals surface area contributed by atoms with Gasteiger partial charge in [0.25, 0.3) is 5.91 Å². The fourth-order valence-corrected chi connectivity index (χ4v) is 3.75. The molecule has 140 valence electrons. The van der Waals surface area contributed by atoms with Crippen LogP contribution in [0.15, 0.2) is 53.4 Å². The van der Waals surface area contributed by atoms with Crippen LogP contribution in [-0.2, 0) is 4.79 Å². The number of thioether (sulfide) groups is 1. The quantitative estimate of drug-likeness (QED) is 0.358. The van der Waals surface area contributed by atoms with Crippen molar-refractivity contribution in [2.24, 2.45) is 0 Å². The minimum atomic E-state index is -0.0759. The summed E-state index contributed by atoms with van der Waals surface area (Å²) in [5.74, 6) is 1.34. The standard InChI is InChI=1S/C20H18ClNO3S2/c1-22-19(23)18(27-20(22)26)13-14-6-4-7-15(12-14)24-10-5-11-25-17-9-3-2-8-16(17)21/h2-4,6-9,12-13H,5,10-11H2,1H3/b18-13-. The third-order valence-electron chi connectivity index (χ3n) is 3.79. The Balaban J connectivity index is 1.50. The number of halogens is 1. The van der Waals surface area contributed by atoms with Gasteiger partial charge < -0.3 is 9.47 Å². The van der Waals surface area contributed by atoms with Crippen molar-refractivity contribution in [3.05, 3.63) is 64.0 Å². The number of thiocarbonyl (C=S) groups is 1.